The molecule has 158 valence electrons. The molecule has 1 heterocycles. The molecule has 0 spiro atoms. The van der Waals surface area contributed by atoms with Crippen molar-refractivity contribution >= 4 is 28.3 Å². The Kier molecular flexibility index (Phi) is 5.05. The number of carbonyl (C=O) groups is 1. The molecule has 32 heavy (non-hydrogen) atoms. The van der Waals surface area contributed by atoms with Crippen LogP contribution in [0.25, 0.3) is 22.0 Å². The number of benzene rings is 3. The van der Waals surface area contributed by atoms with Gasteiger partial charge in [-0.05, 0) is 42.2 Å². The van der Waals surface area contributed by atoms with Crippen LogP contribution in [0.5, 0.6) is 5.75 Å². The van der Waals surface area contributed by atoms with E-state index < -0.39 is 5.41 Å². The normalized spacial score (nSPS) is 13.9. The standard InChI is InChI=1S/C29H25NO2/c1-30-19-26(24-10-6-7-11-28(24)30)25(21-8-4-3-5-9-21)18-27(29(20-31)16-17-29)22-12-14-23(32-2)15-13-22/h3-15,19-20H,16-17H2,1-2H3. The maximum absolute atomic E-state index is 12.2. The number of fused-ring (bicyclic) bond motifs is 1. The molecule has 0 unspecified atom stereocenters. The van der Waals surface area contributed by atoms with Gasteiger partial charge in [0, 0.05) is 40.9 Å². The maximum atomic E-state index is 12.2. The van der Waals surface area contributed by atoms with Crippen LogP contribution in [0.2, 0.25) is 0 Å². The van der Waals surface area contributed by atoms with Crippen molar-refractivity contribution in [3.05, 3.63) is 107 Å². The molecule has 0 N–H and O–H groups in total. The van der Waals surface area contributed by atoms with Crippen LogP contribution < -0.4 is 4.74 Å². The summed E-state index contributed by atoms with van der Waals surface area (Å²) in [5.74, 6) is 0.797. The Morgan fingerprint density at radius 1 is 0.938 bits per heavy atom. The summed E-state index contributed by atoms with van der Waals surface area (Å²) in [7, 11) is 3.73. The molecular formula is C29H25NO2. The van der Waals surface area contributed by atoms with E-state index in [1.165, 1.54) is 10.9 Å². The van der Waals surface area contributed by atoms with E-state index in [2.05, 4.69) is 59.9 Å². The summed E-state index contributed by atoms with van der Waals surface area (Å²) >= 11 is 0. The van der Waals surface area contributed by atoms with Crippen molar-refractivity contribution in [1.82, 2.24) is 4.57 Å². The Morgan fingerprint density at radius 3 is 2.28 bits per heavy atom. The number of allylic oxidation sites excluding steroid dienone is 1. The minimum absolute atomic E-state index is 0.473. The van der Waals surface area contributed by atoms with Crippen molar-refractivity contribution in [2.45, 2.75) is 12.8 Å². The molecule has 3 heteroatoms. The fraction of sp³-hybridized carbons (Fsp3) is 0.172. The summed E-state index contributed by atoms with van der Waals surface area (Å²) in [5.41, 5.74) is 9.59. The van der Waals surface area contributed by atoms with Gasteiger partial charge in [-0.25, -0.2) is 0 Å². The summed E-state index contributed by atoms with van der Waals surface area (Å²) < 4.78 is 7.49. The van der Waals surface area contributed by atoms with E-state index in [0.29, 0.717) is 0 Å². The van der Waals surface area contributed by atoms with E-state index in [0.717, 1.165) is 52.7 Å². The number of aromatic nitrogens is 1. The lowest BCUT2D eigenvalue weighted by Crippen LogP contribution is -2.05. The van der Waals surface area contributed by atoms with Crippen molar-refractivity contribution in [3.8, 4) is 5.75 Å². The third kappa shape index (κ3) is 3.47. The number of aryl methyl sites for hydroxylation is 1. The average Bonchev–Trinajstić information content (AvgIpc) is 3.58. The molecule has 1 saturated carbocycles. The van der Waals surface area contributed by atoms with Gasteiger partial charge in [-0.1, -0.05) is 60.7 Å². The Hall–Kier alpha value is -3.81. The summed E-state index contributed by atoms with van der Waals surface area (Å²) in [6.45, 7) is 0. The molecule has 0 atom stereocenters. The summed E-state index contributed by atoms with van der Waals surface area (Å²) in [4.78, 5) is 12.2. The van der Waals surface area contributed by atoms with Crippen LogP contribution in [-0.4, -0.2) is 18.0 Å². The smallest absolute Gasteiger partial charge is 0.131 e. The molecule has 0 aliphatic heterocycles. The number of ether oxygens (including phenoxy) is 1. The lowest BCUT2D eigenvalue weighted by molar-refractivity contribution is -0.110. The van der Waals surface area contributed by atoms with E-state index in [4.69, 9.17) is 4.74 Å². The minimum Gasteiger partial charge on any atom is -0.497 e. The van der Waals surface area contributed by atoms with Crippen LogP contribution >= 0.6 is 0 Å². The molecule has 3 aromatic carbocycles. The second-order valence-corrected chi connectivity index (χ2v) is 8.41. The summed E-state index contributed by atoms with van der Waals surface area (Å²) in [6, 6.07) is 26.7. The molecule has 3 nitrogen and oxygen atoms in total. The number of methoxy groups -OCH3 is 1. The quantitative estimate of drug-likeness (QED) is 0.272. The van der Waals surface area contributed by atoms with Gasteiger partial charge in [0.2, 0.25) is 0 Å². The third-order valence-electron chi connectivity index (χ3n) is 6.37. The van der Waals surface area contributed by atoms with Crippen LogP contribution in [-0.2, 0) is 11.8 Å². The SMILES string of the molecule is COc1ccc(C(=C=C(c2ccccc2)c2cn(C)c3ccccc23)C2(C=O)CC2)cc1. The molecule has 4 aromatic rings. The molecular weight excluding hydrogens is 394 g/mol. The molecule has 1 aromatic heterocycles. The topological polar surface area (TPSA) is 31.2 Å². The Labute approximate surface area is 188 Å². The average molecular weight is 420 g/mol. The van der Waals surface area contributed by atoms with Crippen molar-refractivity contribution in [1.29, 1.82) is 0 Å². The van der Waals surface area contributed by atoms with Crippen LogP contribution in [0.4, 0.5) is 0 Å². The number of carbonyl (C=O) groups excluding carboxylic acids is 1. The first-order valence-corrected chi connectivity index (χ1v) is 10.9. The first kappa shape index (κ1) is 20.1. The van der Waals surface area contributed by atoms with Gasteiger partial charge in [0.05, 0.1) is 12.5 Å². The number of rotatable bonds is 6. The largest absolute Gasteiger partial charge is 0.497 e. The molecule has 1 aliphatic rings. The van der Waals surface area contributed by atoms with Crippen LogP contribution in [0.3, 0.4) is 0 Å². The third-order valence-corrected chi connectivity index (χ3v) is 6.37. The van der Waals surface area contributed by atoms with Gasteiger partial charge in [-0.15, -0.1) is 5.73 Å². The van der Waals surface area contributed by atoms with Crippen molar-refractivity contribution < 1.29 is 9.53 Å². The molecule has 0 bridgehead atoms. The summed E-state index contributed by atoms with van der Waals surface area (Å²) in [5, 5.41) is 1.17. The van der Waals surface area contributed by atoms with Gasteiger partial charge < -0.3 is 14.1 Å². The lowest BCUT2D eigenvalue weighted by Gasteiger charge is -2.14. The number of hydrogen-bond donors (Lipinski definition) is 0. The summed E-state index contributed by atoms with van der Waals surface area (Å²) in [6.07, 6.45) is 4.96. The van der Waals surface area contributed by atoms with Crippen molar-refractivity contribution in [2.75, 3.05) is 7.11 Å². The lowest BCUT2D eigenvalue weighted by atomic mass is 9.88. The van der Waals surface area contributed by atoms with E-state index >= 15 is 0 Å². The van der Waals surface area contributed by atoms with Crippen LogP contribution in [0.1, 0.15) is 29.5 Å². The second-order valence-electron chi connectivity index (χ2n) is 8.41. The zero-order chi connectivity index (χ0) is 22.1. The Balaban J connectivity index is 1.85. The fourth-order valence-corrected chi connectivity index (χ4v) is 4.37. The molecule has 0 amide bonds. The van der Waals surface area contributed by atoms with Gasteiger partial charge in [-0.2, -0.15) is 0 Å². The molecule has 0 radical (unpaired) electrons. The van der Waals surface area contributed by atoms with E-state index in [1.54, 1.807) is 7.11 Å². The maximum Gasteiger partial charge on any atom is 0.131 e. The number of hydrogen-bond acceptors (Lipinski definition) is 2. The van der Waals surface area contributed by atoms with Crippen LogP contribution in [0.15, 0.2) is 90.8 Å². The van der Waals surface area contributed by atoms with E-state index in [9.17, 15) is 4.79 Å². The van der Waals surface area contributed by atoms with E-state index in [1.807, 2.05) is 42.5 Å². The Bertz CT molecular complexity index is 1350. The minimum atomic E-state index is -0.473. The highest BCUT2D eigenvalue weighted by atomic mass is 16.5. The zero-order valence-electron chi connectivity index (χ0n) is 18.3. The molecule has 1 aliphatic carbocycles. The molecule has 0 saturated heterocycles. The van der Waals surface area contributed by atoms with E-state index in [-0.39, 0.29) is 0 Å². The highest BCUT2D eigenvalue weighted by Crippen LogP contribution is 2.54. The van der Waals surface area contributed by atoms with Gasteiger partial charge >= 0.3 is 0 Å². The van der Waals surface area contributed by atoms with Gasteiger partial charge in [0.1, 0.15) is 12.0 Å². The first-order chi connectivity index (χ1) is 15.6. The fourth-order valence-electron chi connectivity index (χ4n) is 4.37. The van der Waals surface area contributed by atoms with Gasteiger partial charge in [-0.3, -0.25) is 0 Å². The number of nitrogens with zero attached hydrogens (tertiary/aromatic N) is 1. The predicted molar refractivity (Wildman–Crippen MR) is 130 cm³/mol. The Morgan fingerprint density at radius 2 is 1.62 bits per heavy atom. The highest BCUT2D eigenvalue weighted by molar-refractivity contribution is 6.00. The number of aldehydes is 1. The van der Waals surface area contributed by atoms with Crippen molar-refractivity contribution in [3.63, 3.8) is 0 Å². The molecule has 5 rings (SSSR count). The predicted octanol–water partition coefficient (Wildman–Crippen LogP) is 6.28. The highest BCUT2D eigenvalue weighted by Gasteiger charge is 2.47. The zero-order valence-corrected chi connectivity index (χ0v) is 18.3. The number of para-hydroxylation sites is 1. The van der Waals surface area contributed by atoms with Gasteiger partial charge in [0.25, 0.3) is 0 Å². The van der Waals surface area contributed by atoms with Crippen molar-refractivity contribution in [2.24, 2.45) is 12.5 Å². The molecule has 1 fully saturated rings. The monoisotopic (exact) mass is 419 g/mol. The van der Waals surface area contributed by atoms with Crippen LogP contribution in [0, 0.1) is 5.41 Å². The first-order valence-electron chi connectivity index (χ1n) is 10.9. The van der Waals surface area contributed by atoms with Gasteiger partial charge in [0.15, 0.2) is 0 Å². The second kappa shape index (κ2) is 8.03.